The number of nitrogens with two attached hydrogens (primary N) is 1. The summed E-state index contributed by atoms with van der Waals surface area (Å²) >= 11 is 0. The maximum atomic E-state index is 11.2. The van der Waals surface area contributed by atoms with Crippen LogP contribution >= 0.6 is 0 Å². The molecule has 0 bridgehead atoms. The summed E-state index contributed by atoms with van der Waals surface area (Å²) in [5, 5.41) is 0. The highest BCUT2D eigenvalue weighted by Crippen LogP contribution is 2.15. The summed E-state index contributed by atoms with van der Waals surface area (Å²) in [6.07, 6.45) is 2.20. The SMILES string of the molecule is COC(=O)c1ccc(CN2CCC[C@@H](N)C2)o1. The van der Waals surface area contributed by atoms with E-state index in [4.69, 9.17) is 10.2 Å². The number of furan rings is 1. The number of likely N-dealkylation sites (tertiary alicyclic amines) is 1. The third-order valence-corrected chi connectivity index (χ3v) is 2.97. The van der Waals surface area contributed by atoms with Gasteiger partial charge in [0, 0.05) is 12.6 Å². The van der Waals surface area contributed by atoms with Crippen LogP contribution in [0.3, 0.4) is 0 Å². The molecular weight excluding hydrogens is 220 g/mol. The van der Waals surface area contributed by atoms with E-state index in [0.29, 0.717) is 6.54 Å². The van der Waals surface area contributed by atoms with E-state index < -0.39 is 5.97 Å². The van der Waals surface area contributed by atoms with Gasteiger partial charge in [0.1, 0.15) is 5.76 Å². The van der Waals surface area contributed by atoms with E-state index in [9.17, 15) is 4.79 Å². The highest BCUT2D eigenvalue weighted by Gasteiger charge is 2.18. The van der Waals surface area contributed by atoms with E-state index in [1.165, 1.54) is 7.11 Å². The number of hydrogen-bond acceptors (Lipinski definition) is 5. The molecule has 94 valence electrons. The molecule has 2 N–H and O–H groups in total. The van der Waals surface area contributed by atoms with Crippen LogP contribution in [0.1, 0.15) is 29.2 Å². The van der Waals surface area contributed by atoms with E-state index in [-0.39, 0.29) is 11.8 Å². The average Bonchev–Trinajstić information content (AvgIpc) is 2.76. The second kappa shape index (κ2) is 5.33. The molecule has 17 heavy (non-hydrogen) atoms. The predicted molar refractivity (Wildman–Crippen MR) is 62.5 cm³/mol. The molecule has 1 aliphatic heterocycles. The summed E-state index contributed by atoms with van der Waals surface area (Å²) in [5.41, 5.74) is 5.91. The zero-order chi connectivity index (χ0) is 12.3. The van der Waals surface area contributed by atoms with E-state index in [1.54, 1.807) is 6.07 Å². The fourth-order valence-corrected chi connectivity index (χ4v) is 2.13. The lowest BCUT2D eigenvalue weighted by Gasteiger charge is -2.29. The number of nitrogens with zero attached hydrogens (tertiary/aromatic N) is 1. The Morgan fingerprint density at radius 1 is 1.65 bits per heavy atom. The Bertz CT molecular complexity index is 389. The molecule has 0 radical (unpaired) electrons. The number of esters is 1. The van der Waals surface area contributed by atoms with Crippen molar-refractivity contribution in [3.05, 3.63) is 23.7 Å². The van der Waals surface area contributed by atoms with Gasteiger partial charge in [-0.1, -0.05) is 0 Å². The van der Waals surface area contributed by atoms with E-state index in [0.717, 1.165) is 31.7 Å². The molecular formula is C12H18N2O3. The maximum absolute atomic E-state index is 11.2. The molecule has 0 amide bonds. The summed E-state index contributed by atoms with van der Waals surface area (Å²) in [6.45, 7) is 2.61. The summed E-state index contributed by atoms with van der Waals surface area (Å²) in [6, 6.07) is 3.70. The van der Waals surface area contributed by atoms with Gasteiger partial charge < -0.3 is 14.9 Å². The molecule has 2 heterocycles. The first-order valence-corrected chi connectivity index (χ1v) is 5.84. The van der Waals surface area contributed by atoms with Crippen molar-refractivity contribution in [2.75, 3.05) is 20.2 Å². The molecule has 1 atom stereocenters. The summed E-state index contributed by atoms with van der Waals surface area (Å²) in [5.74, 6) is 0.593. The van der Waals surface area contributed by atoms with Gasteiger partial charge in [0.2, 0.25) is 5.76 Å². The topological polar surface area (TPSA) is 68.7 Å². The Balaban J connectivity index is 1.94. The second-order valence-electron chi connectivity index (χ2n) is 4.39. The van der Waals surface area contributed by atoms with Gasteiger partial charge in [0.05, 0.1) is 13.7 Å². The lowest BCUT2D eigenvalue weighted by Crippen LogP contribution is -2.42. The number of carbonyl (C=O) groups is 1. The van der Waals surface area contributed by atoms with Gasteiger partial charge in [-0.05, 0) is 31.5 Å². The highest BCUT2D eigenvalue weighted by molar-refractivity contribution is 5.86. The van der Waals surface area contributed by atoms with Crippen molar-refractivity contribution in [1.82, 2.24) is 4.90 Å². The Labute approximate surface area is 101 Å². The molecule has 5 nitrogen and oxygen atoms in total. The minimum atomic E-state index is -0.438. The van der Waals surface area contributed by atoms with Crippen molar-refractivity contribution < 1.29 is 13.9 Å². The normalized spacial score (nSPS) is 21.4. The van der Waals surface area contributed by atoms with Crippen LogP contribution in [-0.4, -0.2) is 37.1 Å². The van der Waals surface area contributed by atoms with Crippen molar-refractivity contribution in [2.45, 2.75) is 25.4 Å². The van der Waals surface area contributed by atoms with Gasteiger partial charge in [0.15, 0.2) is 0 Å². The lowest BCUT2D eigenvalue weighted by molar-refractivity contribution is 0.0560. The third kappa shape index (κ3) is 3.08. The van der Waals surface area contributed by atoms with Gasteiger partial charge in [-0.15, -0.1) is 0 Å². The predicted octanol–water partition coefficient (Wildman–Crippen LogP) is 0.989. The second-order valence-corrected chi connectivity index (χ2v) is 4.39. The van der Waals surface area contributed by atoms with Crippen molar-refractivity contribution in [3.63, 3.8) is 0 Å². The summed E-state index contributed by atoms with van der Waals surface area (Å²) < 4.78 is 10.0. The molecule has 1 aromatic rings. The molecule has 2 rings (SSSR count). The maximum Gasteiger partial charge on any atom is 0.373 e. The van der Waals surface area contributed by atoms with E-state index >= 15 is 0 Å². The molecule has 0 unspecified atom stereocenters. The van der Waals surface area contributed by atoms with Crippen LogP contribution in [0.2, 0.25) is 0 Å². The van der Waals surface area contributed by atoms with Crippen LogP contribution in [0.4, 0.5) is 0 Å². The quantitative estimate of drug-likeness (QED) is 0.795. The third-order valence-electron chi connectivity index (χ3n) is 2.97. The fourth-order valence-electron chi connectivity index (χ4n) is 2.13. The molecule has 0 aromatic carbocycles. The van der Waals surface area contributed by atoms with Crippen molar-refractivity contribution in [1.29, 1.82) is 0 Å². The first kappa shape index (κ1) is 12.1. The zero-order valence-corrected chi connectivity index (χ0v) is 10.0. The van der Waals surface area contributed by atoms with Gasteiger partial charge in [-0.3, -0.25) is 4.90 Å². The number of methoxy groups -OCH3 is 1. The smallest absolute Gasteiger partial charge is 0.373 e. The Morgan fingerprint density at radius 2 is 2.47 bits per heavy atom. The molecule has 5 heteroatoms. The van der Waals surface area contributed by atoms with Gasteiger partial charge in [-0.25, -0.2) is 4.79 Å². The molecule has 1 saturated heterocycles. The van der Waals surface area contributed by atoms with Gasteiger partial charge >= 0.3 is 5.97 Å². The Morgan fingerprint density at radius 3 is 3.18 bits per heavy atom. The first-order valence-electron chi connectivity index (χ1n) is 5.84. The number of piperidine rings is 1. The van der Waals surface area contributed by atoms with E-state index in [1.807, 2.05) is 6.07 Å². The molecule has 0 aliphatic carbocycles. The van der Waals surface area contributed by atoms with Crippen molar-refractivity contribution >= 4 is 5.97 Å². The average molecular weight is 238 g/mol. The lowest BCUT2D eigenvalue weighted by atomic mass is 10.1. The first-order chi connectivity index (χ1) is 8.19. The van der Waals surface area contributed by atoms with Crippen LogP contribution < -0.4 is 5.73 Å². The monoisotopic (exact) mass is 238 g/mol. The minimum Gasteiger partial charge on any atom is -0.463 e. The zero-order valence-electron chi connectivity index (χ0n) is 10.0. The number of ether oxygens (including phenoxy) is 1. The standard InChI is InChI=1S/C12H18N2O3/c1-16-12(15)11-5-4-10(17-11)8-14-6-2-3-9(13)7-14/h4-5,9H,2-3,6-8,13H2,1H3/t9-/m1/s1. The Kier molecular flexibility index (Phi) is 3.81. The van der Waals surface area contributed by atoms with Gasteiger partial charge in [0.25, 0.3) is 0 Å². The summed E-state index contributed by atoms with van der Waals surface area (Å²) in [4.78, 5) is 13.5. The van der Waals surface area contributed by atoms with Gasteiger partial charge in [-0.2, -0.15) is 0 Å². The molecule has 1 aromatic heterocycles. The van der Waals surface area contributed by atoms with Crippen molar-refractivity contribution in [3.8, 4) is 0 Å². The fraction of sp³-hybridized carbons (Fsp3) is 0.583. The number of carbonyl (C=O) groups excluding carboxylic acids is 1. The van der Waals surface area contributed by atoms with Crippen LogP contribution in [0.5, 0.6) is 0 Å². The molecule has 1 fully saturated rings. The van der Waals surface area contributed by atoms with Crippen molar-refractivity contribution in [2.24, 2.45) is 5.73 Å². The summed E-state index contributed by atoms with van der Waals surface area (Å²) in [7, 11) is 1.34. The van der Waals surface area contributed by atoms with Crippen LogP contribution in [-0.2, 0) is 11.3 Å². The van der Waals surface area contributed by atoms with E-state index in [2.05, 4.69) is 9.64 Å². The molecule has 0 spiro atoms. The highest BCUT2D eigenvalue weighted by atomic mass is 16.5. The Hall–Kier alpha value is -1.33. The van der Waals surface area contributed by atoms with Crippen LogP contribution in [0.25, 0.3) is 0 Å². The van der Waals surface area contributed by atoms with Crippen LogP contribution in [0.15, 0.2) is 16.5 Å². The molecule has 0 saturated carbocycles. The largest absolute Gasteiger partial charge is 0.463 e. The minimum absolute atomic E-state index is 0.249. The number of rotatable bonds is 3. The number of hydrogen-bond donors (Lipinski definition) is 1. The molecule has 1 aliphatic rings. The van der Waals surface area contributed by atoms with Crippen LogP contribution in [0, 0.1) is 0 Å².